The van der Waals surface area contributed by atoms with Gasteiger partial charge in [0.15, 0.2) is 0 Å². The third-order valence-electron chi connectivity index (χ3n) is 3.64. The molecule has 0 aliphatic carbocycles. The topological polar surface area (TPSA) is 42.1 Å². The van der Waals surface area contributed by atoms with Crippen LogP contribution in [0.2, 0.25) is 0 Å². The fourth-order valence-corrected chi connectivity index (χ4v) is 3.62. The van der Waals surface area contributed by atoms with E-state index in [0.29, 0.717) is 0 Å². The lowest BCUT2D eigenvalue weighted by Gasteiger charge is -2.31. The Morgan fingerprint density at radius 2 is 2.37 bits per heavy atom. The Kier molecular flexibility index (Phi) is 7.91. The molecule has 110 valence electrons. The van der Waals surface area contributed by atoms with Gasteiger partial charge in [-0.2, -0.15) is 0 Å². The molecule has 1 aliphatic rings. The number of piperidine rings is 1. The lowest BCUT2D eigenvalue weighted by atomic mass is 9.95. The molecule has 1 atom stereocenters. The molecule has 1 fully saturated rings. The molecule has 1 saturated heterocycles. The molecule has 0 saturated carbocycles. The standard InChI is InChI=1S/C14H25N3S.ClH/c1-2-4-13-11-18-14(16-13)10-17-8-3-5-12(9-17)6-7-15;/h11-12H,2-10,15H2,1H3;1H. The summed E-state index contributed by atoms with van der Waals surface area (Å²) in [5.41, 5.74) is 6.94. The van der Waals surface area contributed by atoms with Gasteiger partial charge in [0.1, 0.15) is 5.01 Å². The number of hydrogen-bond donors (Lipinski definition) is 1. The zero-order valence-electron chi connectivity index (χ0n) is 11.8. The number of thiazole rings is 1. The predicted octanol–water partition coefficient (Wildman–Crippen LogP) is 3.08. The summed E-state index contributed by atoms with van der Waals surface area (Å²) in [6.45, 7) is 6.51. The summed E-state index contributed by atoms with van der Waals surface area (Å²) in [6, 6.07) is 0. The van der Waals surface area contributed by atoms with Crippen LogP contribution in [-0.2, 0) is 13.0 Å². The molecule has 1 aromatic rings. The van der Waals surface area contributed by atoms with Crippen LogP contribution in [0.25, 0.3) is 0 Å². The van der Waals surface area contributed by atoms with E-state index in [0.717, 1.165) is 25.4 Å². The van der Waals surface area contributed by atoms with Crippen LogP contribution in [0.15, 0.2) is 5.38 Å². The SMILES string of the molecule is CCCc1csc(CN2CCCC(CCN)C2)n1.Cl. The molecule has 0 aromatic carbocycles. The van der Waals surface area contributed by atoms with Crippen molar-refractivity contribution in [2.45, 2.75) is 45.6 Å². The van der Waals surface area contributed by atoms with Crippen LogP contribution < -0.4 is 5.73 Å². The van der Waals surface area contributed by atoms with Gasteiger partial charge in [0.2, 0.25) is 0 Å². The summed E-state index contributed by atoms with van der Waals surface area (Å²) < 4.78 is 0. The third-order valence-corrected chi connectivity index (χ3v) is 4.52. The first-order valence-corrected chi connectivity index (χ1v) is 8.05. The Morgan fingerprint density at radius 1 is 1.53 bits per heavy atom. The van der Waals surface area contributed by atoms with Crippen LogP contribution in [0, 0.1) is 5.92 Å². The molecule has 1 aromatic heterocycles. The minimum Gasteiger partial charge on any atom is -0.330 e. The number of aromatic nitrogens is 1. The molecule has 2 heterocycles. The van der Waals surface area contributed by atoms with Gasteiger partial charge < -0.3 is 5.73 Å². The molecule has 5 heteroatoms. The maximum absolute atomic E-state index is 5.67. The minimum absolute atomic E-state index is 0. The molecule has 19 heavy (non-hydrogen) atoms. The van der Waals surface area contributed by atoms with Gasteiger partial charge in [-0.3, -0.25) is 4.90 Å². The molecule has 1 aliphatic heterocycles. The van der Waals surface area contributed by atoms with E-state index in [1.165, 1.54) is 49.5 Å². The van der Waals surface area contributed by atoms with Crippen molar-refractivity contribution in [1.29, 1.82) is 0 Å². The number of aryl methyl sites for hydroxylation is 1. The number of halogens is 1. The van der Waals surface area contributed by atoms with E-state index < -0.39 is 0 Å². The zero-order chi connectivity index (χ0) is 12.8. The number of hydrogen-bond acceptors (Lipinski definition) is 4. The van der Waals surface area contributed by atoms with Crippen LogP contribution in [-0.4, -0.2) is 29.5 Å². The molecule has 0 amide bonds. The average molecular weight is 304 g/mol. The van der Waals surface area contributed by atoms with Gasteiger partial charge >= 0.3 is 0 Å². The number of rotatable bonds is 6. The fourth-order valence-electron chi connectivity index (χ4n) is 2.75. The monoisotopic (exact) mass is 303 g/mol. The van der Waals surface area contributed by atoms with E-state index in [-0.39, 0.29) is 12.4 Å². The van der Waals surface area contributed by atoms with Crippen molar-refractivity contribution in [2.24, 2.45) is 11.7 Å². The zero-order valence-corrected chi connectivity index (χ0v) is 13.4. The summed E-state index contributed by atoms with van der Waals surface area (Å²) in [5, 5.41) is 3.51. The van der Waals surface area contributed by atoms with Gasteiger partial charge in [0.25, 0.3) is 0 Å². The summed E-state index contributed by atoms with van der Waals surface area (Å²) in [7, 11) is 0. The smallest absolute Gasteiger partial charge is 0.107 e. The third kappa shape index (κ3) is 5.38. The lowest BCUT2D eigenvalue weighted by Crippen LogP contribution is -2.35. The number of nitrogens with two attached hydrogens (primary N) is 1. The van der Waals surface area contributed by atoms with Crippen molar-refractivity contribution in [3.63, 3.8) is 0 Å². The van der Waals surface area contributed by atoms with Gasteiger partial charge in [-0.05, 0) is 44.7 Å². The first-order valence-electron chi connectivity index (χ1n) is 7.17. The Hall–Kier alpha value is -0.160. The predicted molar refractivity (Wildman–Crippen MR) is 85.0 cm³/mol. The second-order valence-electron chi connectivity index (χ2n) is 5.30. The summed E-state index contributed by atoms with van der Waals surface area (Å²) >= 11 is 1.82. The Balaban J connectivity index is 0.00000180. The van der Waals surface area contributed by atoms with Gasteiger partial charge in [0, 0.05) is 11.9 Å². The fraction of sp³-hybridized carbons (Fsp3) is 0.786. The molecule has 1 unspecified atom stereocenters. The van der Waals surface area contributed by atoms with Gasteiger partial charge in [-0.25, -0.2) is 4.98 Å². The highest BCUT2D eigenvalue weighted by Crippen LogP contribution is 2.22. The number of likely N-dealkylation sites (tertiary alicyclic amines) is 1. The van der Waals surface area contributed by atoms with Crippen LogP contribution in [0.5, 0.6) is 0 Å². The normalized spacial score (nSPS) is 20.2. The van der Waals surface area contributed by atoms with Crippen LogP contribution in [0.4, 0.5) is 0 Å². The maximum Gasteiger partial charge on any atom is 0.107 e. The van der Waals surface area contributed by atoms with E-state index in [2.05, 4.69) is 17.2 Å². The van der Waals surface area contributed by atoms with Crippen molar-refractivity contribution in [3.8, 4) is 0 Å². The second kappa shape index (κ2) is 8.90. The van der Waals surface area contributed by atoms with Gasteiger partial charge in [-0.1, -0.05) is 13.3 Å². The molecule has 0 bridgehead atoms. The molecule has 0 spiro atoms. The van der Waals surface area contributed by atoms with E-state index in [1.807, 2.05) is 11.3 Å². The molecule has 3 nitrogen and oxygen atoms in total. The Morgan fingerprint density at radius 3 is 3.11 bits per heavy atom. The first kappa shape index (κ1) is 16.9. The Bertz CT molecular complexity index is 354. The quantitative estimate of drug-likeness (QED) is 0.878. The highest BCUT2D eigenvalue weighted by Gasteiger charge is 2.20. The van der Waals surface area contributed by atoms with E-state index in [9.17, 15) is 0 Å². The van der Waals surface area contributed by atoms with Crippen molar-refractivity contribution in [3.05, 3.63) is 16.1 Å². The molecule has 2 rings (SSSR count). The van der Waals surface area contributed by atoms with Crippen LogP contribution in [0.3, 0.4) is 0 Å². The molecule has 0 radical (unpaired) electrons. The van der Waals surface area contributed by atoms with E-state index in [4.69, 9.17) is 10.7 Å². The van der Waals surface area contributed by atoms with Gasteiger partial charge in [0.05, 0.1) is 12.2 Å². The van der Waals surface area contributed by atoms with Crippen molar-refractivity contribution in [1.82, 2.24) is 9.88 Å². The molecular weight excluding hydrogens is 278 g/mol. The highest BCUT2D eigenvalue weighted by atomic mass is 35.5. The van der Waals surface area contributed by atoms with Gasteiger partial charge in [-0.15, -0.1) is 23.7 Å². The maximum atomic E-state index is 5.67. The minimum atomic E-state index is 0. The second-order valence-corrected chi connectivity index (χ2v) is 6.25. The number of nitrogens with zero attached hydrogens (tertiary/aromatic N) is 2. The first-order chi connectivity index (χ1) is 8.81. The lowest BCUT2D eigenvalue weighted by molar-refractivity contribution is 0.163. The largest absolute Gasteiger partial charge is 0.330 e. The van der Waals surface area contributed by atoms with Crippen molar-refractivity contribution >= 4 is 23.7 Å². The Labute approximate surface area is 127 Å². The summed E-state index contributed by atoms with van der Waals surface area (Å²) in [4.78, 5) is 7.27. The summed E-state index contributed by atoms with van der Waals surface area (Å²) in [5.74, 6) is 0.804. The molecule has 2 N–H and O–H groups in total. The van der Waals surface area contributed by atoms with E-state index in [1.54, 1.807) is 0 Å². The van der Waals surface area contributed by atoms with Crippen molar-refractivity contribution in [2.75, 3.05) is 19.6 Å². The summed E-state index contributed by atoms with van der Waals surface area (Å²) in [6.07, 6.45) is 6.15. The average Bonchev–Trinajstić information content (AvgIpc) is 2.78. The van der Waals surface area contributed by atoms with Crippen LogP contribution in [0.1, 0.15) is 43.3 Å². The van der Waals surface area contributed by atoms with Crippen LogP contribution >= 0.6 is 23.7 Å². The van der Waals surface area contributed by atoms with E-state index >= 15 is 0 Å². The molecular formula is C14H26ClN3S. The highest BCUT2D eigenvalue weighted by molar-refractivity contribution is 7.09. The van der Waals surface area contributed by atoms with Crippen molar-refractivity contribution < 1.29 is 0 Å².